The molecule has 0 aromatic heterocycles. The molecule has 2 aliphatic rings. The van der Waals surface area contributed by atoms with Crippen LogP contribution in [-0.2, 0) is 9.59 Å². The molecule has 2 fully saturated rings. The number of nitrogens with zero attached hydrogens (tertiary/aromatic N) is 2. The number of carbonyl (C=O) groups excluding carboxylic acids is 2. The molecule has 0 aromatic carbocycles. The average molecular weight is 281 g/mol. The van der Waals surface area contributed by atoms with E-state index in [1.807, 2.05) is 16.7 Å². The molecule has 0 spiro atoms. The summed E-state index contributed by atoms with van der Waals surface area (Å²) >= 11 is 0. The SMILES string of the molecule is CC(=O)N1CCCN(C(=O)C2CCCCC2(C)N)CC1. The van der Waals surface area contributed by atoms with Crippen molar-refractivity contribution in [3.8, 4) is 0 Å². The molecule has 2 amide bonds. The van der Waals surface area contributed by atoms with Crippen LogP contribution in [0.2, 0.25) is 0 Å². The second-order valence-corrected chi connectivity index (χ2v) is 6.49. The summed E-state index contributed by atoms with van der Waals surface area (Å²) in [6.45, 7) is 6.39. The molecule has 1 saturated heterocycles. The largest absolute Gasteiger partial charge is 0.341 e. The van der Waals surface area contributed by atoms with Crippen LogP contribution in [0.1, 0.15) is 46.0 Å². The van der Waals surface area contributed by atoms with E-state index >= 15 is 0 Å². The summed E-state index contributed by atoms with van der Waals surface area (Å²) in [6.07, 6.45) is 4.90. The van der Waals surface area contributed by atoms with Crippen molar-refractivity contribution < 1.29 is 9.59 Å². The topological polar surface area (TPSA) is 66.6 Å². The lowest BCUT2D eigenvalue weighted by molar-refractivity contribution is -0.139. The third-order valence-electron chi connectivity index (χ3n) is 4.81. The van der Waals surface area contributed by atoms with Gasteiger partial charge in [-0.25, -0.2) is 0 Å². The minimum Gasteiger partial charge on any atom is -0.341 e. The fourth-order valence-electron chi connectivity index (χ4n) is 3.44. The first-order chi connectivity index (χ1) is 9.42. The molecule has 20 heavy (non-hydrogen) atoms. The van der Waals surface area contributed by atoms with Gasteiger partial charge >= 0.3 is 0 Å². The van der Waals surface area contributed by atoms with Gasteiger partial charge in [-0.1, -0.05) is 12.8 Å². The fourth-order valence-corrected chi connectivity index (χ4v) is 3.44. The maximum absolute atomic E-state index is 12.7. The lowest BCUT2D eigenvalue weighted by Gasteiger charge is -2.39. The van der Waals surface area contributed by atoms with Gasteiger partial charge in [0, 0.05) is 38.6 Å². The smallest absolute Gasteiger partial charge is 0.227 e. The van der Waals surface area contributed by atoms with E-state index in [4.69, 9.17) is 5.73 Å². The molecule has 5 nitrogen and oxygen atoms in total. The summed E-state index contributed by atoms with van der Waals surface area (Å²) < 4.78 is 0. The van der Waals surface area contributed by atoms with Gasteiger partial charge in [0.05, 0.1) is 5.92 Å². The molecule has 0 aromatic rings. The predicted octanol–water partition coefficient (Wildman–Crippen LogP) is 0.975. The van der Waals surface area contributed by atoms with Crippen molar-refractivity contribution in [3.63, 3.8) is 0 Å². The lowest BCUT2D eigenvalue weighted by atomic mass is 9.74. The van der Waals surface area contributed by atoms with Crippen LogP contribution in [-0.4, -0.2) is 53.3 Å². The molecular weight excluding hydrogens is 254 g/mol. The van der Waals surface area contributed by atoms with E-state index in [0.717, 1.165) is 45.2 Å². The Morgan fingerprint density at radius 2 is 1.70 bits per heavy atom. The summed E-state index contributed by atoms with van der Waals surface area (Å²) in [4.78, 5) is 27.9. The molecule has 0 radical (unpaired) electrons. The second-order valence-electron chi connectivity index (χ2n) is 6.49. The number of rotatable bonds is 1. The van der Waals surface area contributed by atoms with E-state index < -0.39 is 0 Å². The standard InChI is InChI=1S/C15H27N3O2/c1-12(19)17-8-5-9-18(11-10-17)14(20)13-6-3-4-7-15(13,2)16/h13H,3-11,16H2,1-2H3. The zero-order chi connectivity index (χ0) is 14.8. The van der Waals surface area contributed by atoms with Gasteiger partial charge in [0.15, 0.2) is 0 Å². The number of hydrogen-bond acceptors (Lipinski definition) is 3. The maximum atomic E-state index is 12.7. The summed E-state index contributed by atoms with van der Waals surface area (Å²) in [5, 5.41) is 0. The quantitative estimate of drug-likeness (QED) is 0.779. The van der Waals surface area contributed by atoms with E-state index in [1.165, 1.54) is 0 Å². The van der Waals surface area contributed by atoms with E-state index in [2.05, 4.69) is 0 Å². The molecule has 0 bridgehead atoms. The third-order valence-corrected chi connectivity index (χ3v) is 4.81. The number of hydrogen-bond donors (Lipinski definition) is 1. The van der Waals surface area contributed by atoms with Crippen molar-refractivity contribution in [1.82, 2.24) is 9.80 Å². The van der Waals surface area contributed by atoms with Gasteiger partial charge in [-0.2, -0.15) is 0 Å². The zero-order valence-corrected chi connectivity index (χ0v) is 12.7. The minimum atomic E-state index is -0.373. The van der Waals surface area contributed by atoms with Gasteiger partial charge in [-0.3, -0.25) is 9.59 Å². The molecule has 2 rings (SSSR count). The Hall–Kier alpha value is -1.10. The summed E-state index contributed by atoms with van der Waals surface area (Å²) in [5.74, 6) is 0.237. The lowest BCUT2D eigenvalue weighted by Crippen LogP contribution is -2.54. The molecule has 114 valence electrons. The van der Waals surface area contributed by atoms with Crippen LogP contribution in [0.3, 0.4) is 0 Å². The van der Waals surface area contributed by atoms with Crippen LogP contribution in [0.25, 0.3) is 0 Å². The highest BCUT2D eigenvalue weighted by Crippen LogP contribution is 2.33. The van der Waals surface area contributed by atoms with E-state index in [9.17, 15) is 9.59 Å². The second kappa shape index (κ2) is 6.12. The van der Waals surface area contributed by atoms with Crippen LogP contribution < -0.4 is 5.73 Å². The van der Waals surface area contributed by atoms with Gasteiger partial charge in [0.1, 0.15) is 0 Å². The van der Waals surface area contributed by atoms with Gasteiger partial charge < -0.3 is 15.5 Å². The highest BCUT2D eigenvalue weighted by atomic mass is 16.2. The van der Waals surface area contributed by atoms with Crippen LogP contribution in [0.15, 0.2) is 0 Å². The molecule has 1 aliphatic heterocycles. The molecule has 2 atom stereocenters. The first-order valence-corrected chi connectivity index (χ1v) is 7.75. The minimum absolute atomic E-state index is 0.0554. The van der Waals surface area contributed by atoms with Crippen molar-refractivity contribution in [2.45, 2.75) is 51.5 Å². The first kappa shape index (κ1) is 15.3. The molecule has 1 saturated carbocycles. The summed E-state index contributed by atoms with van der Waals surface area (Å²) in [5.41, 5.74) is 5.96. The molecule has 2 N–H and O–H groups in total. The van der Waals surface area contributed by atoms with Gasteiger partial charge in [-0.05, 0) is 26.2 Å². The Morgan fingerprint density at radius 3 is 2.35 bits per heavy atom. The van der Waals surface area contributed by atoms with Crippen LogP contribution in [0.5, 0.6) is 0 Å². The molecule has 1 heterocycles. The normalized spacial score (nSPS) is 31.9. The van der Waals surface area contributed by atoms with E-state index in [0.29, 0.717) is 13.1 Å². The first-order valence-electron chi connectivity index (χ1n) is 7.75. The van der Waals surface area contributed by atoms with Crippen molar-refractivity contribution in [2.24, 2.45) is 11.7 Å². The van der Waals surface area contributed by atoms with Gasteiger partial charge in [0.2, 0.25) is 11.8 Å². The number of amides is 2. The Morgan fingerprint density at radius 1 is 1.05 bits per heavy atom. The van der Waals surface area contributed by atoms with Gasteiger partial charge in [0.25, 0.3) is 0 Å². The fraction of sp³-hybridized carbons (Fsp3) is 0.867. The summed E-state index contributed by atoms with van der Waals surface area (Å²) in [6, 6.07) is 0. The highest BCUT2D eigenvalue weighted by Gasteiger charge is 2.40. The molecule has 1 aliphatic carbocycles. The van der Waals surface area contributed by atoms with Crippen molar-refractivity contribution in [2.75, 3.05) is 26.2 Å². The van der Waals surface area contributed by atoms with Crippen LogP contribution >= 0.6 is 0 Å². The molecule has 5 heteroatoms. The zero-order valence-electron chi connectivity index (χ0n) is 12.7. The van der Waals surface area contributed by atoms with Crippen molar-refractivity contribution in [3.05, 3.63) is 0 Å². The van der Waals surface area contributed by atoms with Crippen LogP contribution in [0, 0.1) is 5.92 Å². The number of carbonyl (C=O) groups is 2. The Bertz CT molecular complexity index is 381. The Labute approximate surface area is 121 Å². The van der Waals surface area contributed by atoms with Crippen molar-refractivity contribution in [1.29, 1.82) is 0 Å². The van der Waals surface area contributed by atoms with E-state index in [-0.39, 0.29) is 23.3 Å². The van der Waals surface area contributed by atoms with Crippen molar-refractivity contribution >= 4 is 11.8 Å². The number of nitrogens with two attached hydrogens (primary N) is 1. The molecular formula is C15H27N3O2. The van der Waals surface area contributed by atoms with Crippen LogP contribution in [0.4, 0.5) is 0 Å². The predicted molar refractivity (Wildman–Crippen MR) is 78.0 cm³/mol. The van der Waals surface area contributed by atoms with Gasteiger partial charge in [-0.15, -0.1) is 0 Å². The highest BCUT2D eigenvalue weighted by molar-refractivity contribution is 5.80. The monoisotopic (exact) mass is 281 g/mol. The third kappa shape index (κ3) is 3.32. The molecule has 2 unspecified atom stereocenters. The summed E-state index contributed by atoms with van der Waals surface area (Å²) in [7, 11) is 0. The average Bonchev–Trinajstić information content (AvgIpc) is 2.63. The Balaban J connectivity index is 2.00. The van der Waals surface area contributed by atoms with E-state index in [1.54, 1.807) is 6.92 Å². The Kier molecular flexibility index (Phi) is 4.68. The maximum Gasteiger partial charge on any atom is 0.227 e.